The molecule has 2 aromatic heterocycles. The van der Waals surface area contributed by atoms with Crippen molar-refractivity contribution < 1.29 is 35.0 Å². The second kappa shape index (κ2) is 8.68. The first-order valence-corrected chi connectivity index (χ1v) is 11.9. The number of rotatable bonds is 5. The third-order valence-electron chi connectivity index (χ3n) is 6.41. The Hall–Kier alpha value is -3.38. The van der Waals surface area contributed by atoms with Gasteiger partial charge in [-0.2, -0.15) is 26.7 Å². The van der Waals surface area contributed by atoms with E-state index in [-0.39, 0.29) is 36.9 Å². The van der Waals surface area contributed by atoms with Gasteiger partial charge in [-0.3, -0.25) is 0 Å². The van der Waals surface area contributed by atoms with Crippen molar-refractivity contribution in [1.29, 1.82) is 0 Å². The lowest BCUT2D eigenvalue weighted by Gasteiger charge is -2.37. The maximum absolute atomic E-state index is 13.2. The molecular weight excluding hydrogens is 494 g/mol. The summed E-state index contributed by atoms with van der Waals surface area (Å²) in [5, 5.41) is 3.86. The second-order valence-electron chi connectivity index (χ2n) is 8.42. The van der Waals surface area contributed by atoms with Crippen molar-refractivity contribution in [3.63, 3.8) is 0 Å². The minimum atomic E-state index is -5.74. The van der Waals surface area contributed by atoms with Crippen molar-refractivity contribution in [3.05, 3.63) is 59.8 Å². The monoisotopic (exact) mass is 515 g/mol. The topological polar surface area (TPSA) is 97.6 Å². The zero-order chi connectivity index (χ0) is 25.6. The number of pyridine rings is 1. The molecule has 0 saturated carbocycles. The zero-order valence-corrected chi connectivity index (χ0v) is 19.5. The van der Waals surface area contributed by atoms with E-state index < -0.39 is 27.0 Å². The maximum atomic E-state index is 13.2. The molecule has 188 valence electrons. The molecule has 0 bridgehead atoms. The molecule has 14 heteroatoms. The number of carbonyl (C=O) groups excluding carboxylic acids is 1. The van der Waals surface area contributed by atoms with Crippen LogP contribution in [0.3, 0.4) is 0 Å². The number of hydrogen-bond donors (Lipinski definition) is 0. The highest BCUT2D eigenvalue weighted by Crippen LogP contribution is 2.44. The summed E-state index contributed by atoms with van der Waals surface area (Å²) in [6.07, 6.45) is 5.53. The first kappa shape index (κ1) is 24.7. The number of alkyl halides is 3. The van der Waals surface area contributed by atoms with E-state index in [0.29, 0.717) is 12.4 Å². The number of allylic oxidation sites excluding steroid dienone is 1. The molecule has 1 aliphatic carbocycles. The molecule has 1 spiro atoms. The average molecular weight is 515 g/mol. The van der Waals surface area contributed by atoms with Gasteiger partial charge in [0.05, 0.1) is 24.0 Å². The molecule has 2 atom stereocenters. The largest absolute Gasteiger partial charge is 0.534 e. The molecule has 0 radical (unpaired) electrons. The predicted octanol–water partition coefficient (Wildman–Crippen LogP) is 3.06. The van der Waals surface area contributed by atoms with Crippen molar-refractivity contribution in [2.75, 3.05) is 13.6 Å². The molecule has 1 saturated heterocycles. The van der Waals surface area contributed by atoms with Gasteiger partial charge < -0.3 is 14.0 Å². The lowest BCUT2D eigenvalue weighted by molar-refractivity contribution is -0.0525. The van der Waals surface area contributed by atoms with Gasteiger partial charge in [0.15, 0.2) is 23.4 Å². The van der Waals surface area contributed by atoms with Crippen LogP contribution in [-0.4, -0.2) is 63.6 Å². The Kier molecular flexibility index (Phi) is 6.14. The van der Waals surface area contributed by atoms with Crippen molar-refractivity contribution in [2.45, 2.75) is 43.3 Å². The van der Waals surface area contributed by atoms with Crippen molar-refractivity contribution >= 4 is 16.1 Å². The molecule has 1 aliphatic heterocycles. The molecule has 0 amide bonds. The second-order valence-corrected chi connectivity index (χ2v) is 9.96. The third kappa shape index (κ3) is 4.50. The third-order valence-corrected chi connectivity index (χ3v) is 7.41. The molecule has 2 aliphatic rings. The van der Waals surface area contributed by atoms with Crippen LogP contribution in [0.2, 0.25) is 0 Å². The van der Waals surface area contributed by atoms with Crippen molar-refractivity contribution in [3.8, 4) is 5.82 Å². The molecular formula is C21H21F4N5O4S. The summed E-state index contributed by atoms with van der Waals surface area (Å²) in [7, 11) is -4.05. The van der Waals surface area contributed by atoms with Gasteiger partial charge in [-0.25, -0.2) is 18.9 Å². The molecule has 1 fully saturated rings. The standard InChI is InChI=1S/C21H21F4N5O4S/c1-14(15-3-4-18(26-9-15)30-11-16(22)10-27-30)29-13-20(28(2)19(29)12-31)7-5-17(6-8-20)34-35(32,33)21(23,24)25/h3-5,9-11,14H,6-8,13H2,1-2H3. The average Bonchev–Trinajstić information content (AvgIpc) is 3.35. The van der Waals surface area contributed by atoms with Gasteiger partial charge in [-0.1, -0.05) is 6.07 Å². The first-order valence-electron chi connectivity index (χ1n) is 10.5. The van der Waals surface area contributed by atoms with Crippen molar-refractivity contribution in [2.24, 2.45) is 0 Å². The SMILES string of the molecule is CC(c1ccc(-n2cc(F)cn2)nc1)N1CC2(CC=C(OS(=O)(=O)C(F)(F)F)CC2)N(C)C1=C=O. The number of aromatic nitrogens is 3. The predicted molar refractivity (Wildman–Crippen MR) is 114 cm³/mol. The highest BCUT2D eigenvalue weighted by atomic mass is 32.2. The van der Waals surface area contributed by atoms with Gasteiger partial charge in [-0.05, 0) is 37.5 Å². The fourth-order valence-electron chi connectivity index (χ4n) is 4.32. The van der Waals surface area contributed by atoms with E-state index in [4.69, 9.17) is 0 Å². The van der Waals surface area contributed by atoms with E-state index in [9.17, 15) is 30.8 Å². The fourth-order valence-corrected chi connectivity index (χ4v) is 4.85. The van der Waals surface area contributed by atoms with Crippen LogP contribution in [0.5, 0.6) is 0 Å². The fraction of sp³-hybridized carbons (Fsp3) is 0.429. The van der Waals surface area contributed by atoms with E-state index in [2.05, 4.69) is 14.3 Å². The Morgan fingerprint density at radius 1 is 1.26 bits per heavy atom. The number of likely N-dealkylation sites (N-methyl/N-ethyl adjacent to an activating group) is 1. The molecule has 2 unspecified atom stereocenters. The van der Waals surface area contributed by atoms with E-state index in [1.807, 2.05) is 17.8 Å². The summed E-state index contributed by atoms with van der Waals surface area (Å²) in [6.45, 7) is 2.20. The number of halogens is 4. The molecule has 4 rings (SSSR count). The molecule has 3 heterocycles. The minimum Gasteiger partial charge on any atom is -0.381 e. The smallest absolute Gasteiger partial charge is 0.381 e. The molecule has 0 N–H and O–H groups in total. The van der Waals surface area contributed by atoms with Crippen LogP contribution in [0.4, 0.5) is 17.6 Å². The molecule has 9 nitrogen and oxygen atoms in total. The van der Waals surface area contributed by atoms with E-state index in [1.54, 1.807) is 30.3 Å². The summed E-state index contributed by atoms with van der Waals surface area (Å²) in [5.74, 6) is 1.83. The summed E-state index contributed by atoms with van der Waals surface area (Å²) >= 11 is 0. The van der Waals surface area contributed by atoms with Gasteiger partial charge in [0.1, 0.15) is 5.76 Å². The Morgan fingerprint density at radius 3 is 2.51 bits per heavy atom. The van der Waals surface area contributed by atoms with Crippen LogP contribution in [0, 0.1) is 5.82 Å². The lowest BCUT2D eigenvalue weighted by atomic mass is 9.84. The van der Waals surface area contributed by atoms with Gasteiger partial charge in [-0.15, -0.1) is 0 Å². The van der Waals surface area contributed by atoms with E-state index in [1.165, 1.54) is 17.0 Å². The highest BCUT2D eigenvalue weighted by Gasteiger charge is 2.51. The van der Waals surface area contributed by atoms with Gasteiger partial charge in [0.25, 0.3) is 0 Å². The Labute approximate surface area is 198 Å². The van der Waals surface area contributed by atoms with Crippen LogP contribution in [0.1, 0.15) is 37.8 Å². The Morgan fingerprint density at radius 2 is 2.00 bits per heavy atom. The quantitative estimate of drug-likeness (QED) is 0.260. The lowest BCUT2D eigenvalue weighted by Crippen LogP contribution is -2.45. The summed E-state index contributed by atoms with van der Waals surface area (Å²) in [4.78, 5) is 19.7. The Balaban J connectivity index is 1.52. The minimum absolute atomic E-state index is 0.0509. The molecule has 35 heavy (non-hydrogen) atoms. The molecule has 0 aromatic carbocycles. The van der Waals surface area contributed by atoms with Crippen LogP contribution < -0.4 is 0 Å². The van der Waals surface area contributed by atoms with Gasteiger partial charge in [0.2, 0.25) is 0 Å². The van der Waals surface area contributed by atoms with Crippen molar-refractivity contribution in [1.82, 2.24) is 24.6 Å². The number of nitrogens with zero attached hydrogens (tertiary/aromatic N) is 5. The highest BCUT2D eigenvalue weighted by molar-refractivity contribution is 7.87. The van der Waals surface area contributed by atoms with Crippen LogP contribution in [0.15, 0.2) is 48.4 Å². The summed E-state index contributed by atoms with van der Waals surface area (Å²) < 4.78 is 79.3. The van der Waals surface area contributed by atoms with E-state index in [0.717, 1.165) is 11.8 Å². The van der Waals surface area contributed by atoms with Gasteiger partial charge >= 0.3 is 15.6 Å². The van der Waals surface area contributed by atoms with Crippen LogP contribution in [0.25, 0.3) is 5.82 Å². The van der Waals surface area contributed by atoms with Crippen LogP contribution >= 0.6 is 0 Å². The zero-order valence-electron chi connectivity index (χ0n) is 18.7. The normalized spacial score (nSPS) is 21.8. The summed E-state index contributed by atoms with van der Waals surface area (Å²) in [6, 6.07) is 3.11. The Bertz CT molecular complexity index is 1300. The summed E-state index contributed by atoms with van der Waals surface area (Å²) in [5.41, 5.74) is -5.41. The van der Waals surface area contributed by atoms with Gasteiger partial charge in [0, 0.05) is 26.2 Å². The maximum Gasteiger partial charge on any atom is 0.534 e. The number of hydrogen-bond acceptors (Lipinski definition) is 8. The molecule has 2 aromatic rings. The first-order chi connectivity index (χ1) is 16.4. The van der Waals surface area contributed by atoms with Crippen LogP contribution in [-0.2, 0) is 19.1 Å². The van der Waals surface area contributed by atoms with E-state index >= 15 is 0 Å².